The highest BCUT2D eigenvalue weighted by atomic mass is 16.6. The van der Waals surface area contributed by atoms with Crippen LogP contribution in [0.5, 0.6) is 0 Å². The van der Waals surface area contributed by atoms with Gasteiger partial charge in [-0.2, -0.15) is 0 Å². The fourth-order valence-electron chi connectivity index (χ4n) is 2.54. The van der Waals surface area contributed by atoms with Gasteiger partial charge in [-0.05, 0) is 21.9 Å². The van der Waals surface area contributed by atoms with E-state index >= 15 is 0 Å². The summed E-state index contributed by atoms with van der Waals surface area (Å²) in [4.78, 5) is 23.7. The molecule has 0 unspecified atom stereocenters. The van der Waals surface area contributed by atoms with Gasteiger partial charge in [0.2, 0.25) is 5.91 Å². The molecule has 0 aliphatic carbocycles. The number of fused-ring (bicyclic) bond motifs is 1. The lowest BCUT2D eigenvalue weighted by Gasteiger charge is -2.10. The molecule has 126 valence electrons. The van der Waals surface area contributed by atoms with Crippen LogP contribution >= 0.6 is 0 Å². The Kier molecular flexibility index (Phi) is 5.26. The van der Waals surface area contributed by atoms with E-state index in [1.807, 2.05) is 72.8 Å². The maximum absolute atomic E-state index is 12.1. The largest absolute Gasteiger partial charge is 0.443 e. The van der Waals surface area contributed by atoms with Gasteiger partial charge >= 0.3 is 6.09 Å². The van der Waals surface area contributed by atoms with Gasteiger partial charge in [-0.3, -0.25) is 10.2 Å². The molecule has 0 radical (unpaired) electrons. The molecule has 0 saturated carbocycles. The van der Waals surface area contributed by atoms with Gasteiger partial charge in [0.1, 0.15) is 6.61 Å². The number of nitrogens with one attached hydrogen (secondary N) is 2. The molecule has 3 aromatic carbocycles. The quantitative estimate of drug-likeness (QED) is 0.719. The third-order valence-corrected chi connectivity index (χ3v) is 3.75. The Morgan fingerprint density at radius 2 is 1.52 bits per heavy atom. The Labute approximate surface area is 145 Å². The first-order chi connectivity index (χ1) is 12.2. The summed E-state index contributed by atoms with van der Waals surface area (Å²) in [6, 6.07) is 23.0. The zero-order valence-corrected chi connectivity index (χ0v) is 13.6. The summed E-state index contributed by atoms with van der Waals surface area (Å²) in [5.74, 6) is -0.312. The standard InChI is InChI=1S/C20H18N2O3/c23-19(13-17-11-6-10-16-9-4-5-12-18(16)17)21-22-20(24)25-14-15-7-2-1-3-8-15/h1-12H,13-14H2,(H,21,23)(H,22,24). The number of hydrogen-bond acceptors (Lipinski definition) is 3. The molecule has 2 amide bonds. The average molecular weight is 334 g/mol. The van der Waals surface area contributed by atoms with Crippen molar-refractivity contribution in [2.24, 2.45) is 0 Å². The predicted molar refractivity (Wildman–Crippen MR) is 95.6 cm³/mol. The van der Waals surface area contributed by atoms with Crippen LogP contribution in [0.3, 0.4) is 0 Å². The molecule has 3 aromatic rings. The van der Waals surface area contributed by atoms with E-state index in [0.717, 1.165) is 21.9 Å². The average Bonchev–Trinajstić information content (AvgIpc) is 2.66. The van der Waals surface area contributed by atoms with Crippen LogP contribution < -0.4 is 10.9 Å². The summed E-state index contributed by atoms with van der Waals surface area (Å²) in [6.45, 7) is 0.145. The van der Waals surface area contributed by atoms with Crippen LogP contribution in [0.1, 0.15) is 11.1 Å². The number of amides is 2. The third kappa shape index (κ3) is 4.57. The molecular formula is C20H18N2O3. The van der Waals surface area contributed by atoms with E-state index in [-0.39, 0.29) is 18.9 Å². The molecule has 3 rings (SSSR count). The second-order valence-corrected chi connectivity index (χ2v) is 5.55. The molecule has 0 bridgehead atoms. The summed E-state index contributed by atoms with van der Waals surface area (Å²) >= 11 is 0. The normalized spacial score (nSPS) is 10.2. The van der Waals surface area contributed by atoms with Crippen LogP contribution in [0.2, 0.25) is 0 Å². The fourth-order valence-corrected chi connectivity index (χ4v) is 2.54. The first kappa shape index (κ1) is 16.5. The van der Waals surface area contributed by atoms with E-state index in [9.17, 15) is 9.59 Å². The Morgan fingerprint density at radius 3 is 2.36 bits per heavy atom. The van der Waals surface area contributed by atoms with Gasteiger partial charge in [0.25, 0.3) is 0 Å². The lowest BCUT2D eigenvalue weighted by molar-refractivity contribution is -0.121. The van der Waals surface area contributed by atoms with E-state index < -0.39 is 6.09 Å². The molecule has 0 aromatic heterocycles. The first-order valence-corrected chi connectivity index (χ1v) is 7.94. The topological polar surface area (TPSA) is 67.4 Å². The van der Waals surface area contributed by atoms with Gasteiger partial charge in [0, 0.05) is 0 Å². The number of benzene rings is 3. The highest BCUT2D eigenvalue weighted by Gasteiger charge is 2.09. The van der Waals surface area contributed by atoms with Crippen molar-refractivity contribution in [1.29, 1.82) is 0 Å². The first-order valence-electron chi connectivity index (χ1n) is 7.94. The molecule has 0 aliphatic heterocycles. The number of ether oxygens (including phenoxy) is 1. The van der Waals surface area contributed by atoms with Crippen LogP contribution in [0.25, 0.3) is 10.8 Å². The SMILES string of the molecule is O=C(Cc1cccc2ccccc12)NNC(=O)OCc1ccccc1. The number of hydrogen-bond donors (Lipinski definition) is 2. The van der Waals surface area contributed by atoms with Crippen LogP contribution in [-0.4, -0.2) is 12.0 Å². The van der Waals surface area contributed by atoms with E-state index in [0.29, 0.717) is 0 Å². The molecule has 5 nitrogen and oxygen atoms in total. The fraction of sp³-hybridized carbons (Fsp3) is 0.100. The molecule has 0 atom stereocenters. The van der Waals surface area contributed by atoms with Crippen molar-refractivity contribution >= 4 is 22.8 Å². The number of carbonyl (C=O) groups excluding carboxylic acids is 2. The minimum atomic E-state index is -0.699. The van der Waals surface area contributed by atoms with Crippen molar-refractivity contribution in [3.05, 3.63) is 83.9 Å². The number of rotatable bonds is 4. The third-order valence-electron chi connectivity index (χ3n) is 3.75. The summed E-state index contributed by atoms with van der Waals surface area (Å²) in [5.41, 5.74) is 6.40. The van der Waals surface area contributed by atoms with Gasteiger partial charge in [0.15, 0.2) is 0 Å². The van der Waals surface area contributed by atoms with Gasteiger partial charge < -0.3 is 4.74 Å². The monoisotopic (exact) mass is 334 g/mol. The molecule has 0 heterocycles. The molecule has 0 saturated heterocycles. The minimum absolute atomic E-state index is 0.145. The van der Waals surface area contributed by atoms with Crippen molar-refractivity contribution in [2.75, 3.05) is 0 Å². The molecule has 0 fully saturated rings. The van der Waals surface area contributed by atoms with Crippen molar-refractivity contribution < 1.29 is 14.3 Å². The van der Waals surface area contributed by atoms with E-state index in [2.05, 4.69) is 10.9 Å². The van der Waals surface area contributed by atoms with Crippen molar-refractivity contribution in [3.63, 3.8) is 0 Å². The molecular weight excluding hydrogens is 316 g/mol. The van der Waals surface area contributed by atoms with Crippen LogP contribution in [0, 0.1) is 0 Å². The lowest BCUT2D eigenvalue weighted by Crippen LogP contribution is -2.42. The van der Waals surface area contributed by atoms with Crippen molar-refractivity contribution in [2.45, 2.75) is 13.0 Å². The summed E-state index contributed by atoms with van der Waals surface area (Å²) < 4.78 is 5.03. The maximum atomic E-state index is 12.1. The zero-order valence-electron chi connectivity index (χ0n) is 13.6. The zero-order chi connectivity index (χ0) is 17.5. The smallest absolute Gasteiger partial charge is 0.426 e. The summed E-state index contributed by atoms with van der Waals surface area (Å²) in [5, 5.41) is 2.09. The van der Waals surface area contributed by atoms with Crippen LogP contribution in [-0.2, 0) is 22.6 Å². The predicted octanol–water partition coefficient (Wildman–Crippen LogP) is 3.34. The maximum Gasteiger partial charge on any atom is 0.426 e. The highest BCUT2D eigenvalue weighted by molar-refractivity contribution is 5.90. The molecule has 0 aliphatic rings. The van der Waals surface area contributed by atoms with Gasteiger partial charge in [-0.15, -0.1) is 0 Å². The molecule has 5 heteroatoms. The van der Waals surface area contributed by atoms with E-state index in [1.165, 1.54) is 0 Å². The highest BCUT2D eigenvalue weighted by Crippen LogP contribution is 2.18. The molecule has 0 spiro atoms. The second-order valence-electron chi connectivity index (χ2n) is 5.55. The Bertz CT molecular complexity index is 873. The van der Waals surface area contributed by atoms with Crippen molar-refractivity contribution in [3.8, 4) is 0 Å². The molecule has 25 heavy (non-hydrogen) atoms. The minimum Gasteiger partial charge on any atom is -0.443 e. The van der Waals surface area contributed by atoms with Gasteiger partial charge in [0.05, 0.1) is 6.42 Å². The van der Waals surface area contributed by atoms with E-state index in [4.69, 9.17) is 4.74 Å². The van der Waals surface area contributed by atoms with Gasteiger partial charge in [-0.1, -0.05) is 72.8 Å². The van der Waals surface area contributed by atoms with E-state index in [1.54, 1.807) is 0 Å². The van der Waals surface area contributed by atoms with Gasteiger partial charge in [-0.25, -0.2) is 10.2 Å². The number of carbonyl (C=O) groups is 2. The second kappa shape index (κ2) is 7.97. The molecule has 2 N–H and O–H groups in total. The van der Waals surface area contributed by atoms with Crippen LogP contribution in [0.15, 0.2) is 72.8 Å². The van der Waals surface area contributed by atoms with Crippen molar-refractivity contribution in [1.82, 2.24) is 10.9 Å². The Hall–Kier alpha value is -3.34. The number of hydrazine groups is 1. The Morgan fingerprint density at radius 1 is 0.800 bits per heavy atom. The summed E-state index contributed by atoms with van der Waals surface area (Å²) in [6.07, 6.45) is -0.532. The summed E-state index contributed by atoms with van der Waals surface area (Å²) in [7, 11) is 0. The lowest BCUT2D eigenvalue weighted by atomic mass is 10.0. The Balaban J connectivity index is 1.50. The van der Waals surface area contributed by atoms with Crippen LogP contribution in [0.4, 0.5) is 4.79 Å².